The summed E-state index contributed by atoms with van der Waals surface area (Å²) in [6.45, 7) is 1.67. The van der Waals surface area contributed by atoms with Crippen molar-refractivity contribution in [1.82, 2.24) is 19.9 Å². The van der Waals surface area contributed by atoms with E-state index in [1.807, 2.05) is 0 Å². The van der Waals surface area contributed by atoms with Gasteiger partial charge in [0.2, 0.25) is 5.82 Å². The Morgan fingerprint density at radius 1 is 1.30 bits per heavy atom. The Bertz CT molecular complexity index is 789. The number of hydrogen-bond donors (Lipinski definition) is 0. The lowest BCUT2D eigenvalue weighted by molar-refractivity contribution is -0.159. The van der Waals surface area contributed by atoms with Gasteiger partial charge in [0.05, 0.1) is 0 Å². The molecule has 1 aliphatic heterocycles. The normalized spacial score (nSPS) is 18.5. The number of hydrogen-bond acceptors (Lipinski definition) is 5. The summed E-state index contributed by atoms with van der Waals surface area (Å²) in [5.41, 5.74) is 0.805. The molecule has 2 heterocycles. The molecule has 0 bridgehead atoms. The van der Waals surface area contributed by atoms with E-state index in [1.165, 1.54) is 18.6 Å². The van der Waals surface area contributed by atoms with Crippen LogP contribution in [0, 0.1) is 0 Å². The number of benzene rings is 1. The van der Waals surface area contributed by atoms with Crippen molar-refractivity contribution >= 4 is 5.91 Å². The van der Waals surface area contributed by atoms with Gasteiger partial charge in [-0.25, -0.2) is 0 Å². The first-order chi connectivity index (χ1) is 12.8. The summed E-state index contributed by atoms with van der Waals surface area (Å²) in [7, 11) is 3.82. The number of likely N-dealkylation sites (N-methyl/N-ethyl adjacent to an activating group) is 2. The Kier molecular flexibility index (Phi) is 5.50. The highest BCUT2D eigenvalue weighted by atomic mass is 19.4. The van der Waals surface area contributed by atoms with Gasteiger partial charge in [-0.05, 0) is 38.6 Å². The zero-order valence-electron chi connectivity index (χ0n) is 15.2. The van der Waals surface area contributed by atoms with Crippen molar-refractivity contribution in [2.75, 3.05) is 27.2 Å². The van der Waals surface area contributed by atoms with Crippen LogP contribution in [0.3, 0.4) is 0 Å². The average Bonchev–Trinajstić information content (AvgIpc) is 3.14. The van der Waals surface area contributed by atoms with Crippen LogP contribution in [0.15, 0.2) is 28.8 Å². The van der Waals surface area contributed by atoms with Gasteiger partial charge in [-0.3, -0.25) is 4.79 Å². The number of carbonyl (C=O) groups excluding carboxylic acids is 1. The number of piperidine rings is 1. The molecule has 0 spiro atoms. The molecule has 0 aliphatic carbocycles. The summed E-state index contributed by atoms with van der Waals surface area (Å²) >= 11 is 0. The van der Waals surface area contributed by atoms with Gasteiger partial charge >= 0.3 is 12.1 Å². The number of likely N-dealkylation sites (tertiary alicyclic amines) is 1. The van der Waals surface area contributed by atoms with Crippen molar-refractivity contribution < 1.29 is 22.5 Å². The smallest absolute Gasteiger partial charge is 0.340 e. The maximum absolute atomic E-state index is 12.6. The van der Waals surface area contributed by atoms with Crippen LogP contribution in [0.4, 0.5) is 13.2 Å². The molecule has 1 aromatic carbocycles. The van der Waals surface area contributed by atoms with Crippen LogP contribution in [0.1, 0.15) is 35.5 Å². The number of halogens is 3. The van der Waals surface area contributed by atoms with Crippen molar-refractivity contribution in [2.24, 2.45) is 0 Å². The fourth-order valence-corrected chi connectivity index (χ4v) is 3.21. The van der Waals surface area contributed by atoms with Gasteiger partial charge in [0, 0.05) is 30.8 Å². The van der Waals surface area contributed by atoms with Crippen molar-refractivity contribution in [3.05, 3.63) is 35.7 Å². The molecule has 27 heavy (non-hydrogen) atoms. The first kappa shape index (κ1) is 19.3. The van der Waals surface area contributed by atoms with Crippen LogP contribution in [0.2, 0.25) is 0 Å². The summed E-state index contributed by atoms with van der Waals surface area (Å²) in [4.78, 5) is 19.9. The molecule has 6 nitrogen and oxygen atoms in total. The van der Waals surface area contributed by atoms with E-state index in [1.54, 1.807) is 24.1 Å². The zero-order valence-corrected chi connectivity index (χ0v) is 15.2. The molecule has 3 rings (SSSR count). The minimum absolute atomic E-state index is 0.135. The summed E-state index contributed by atoms with van der Waals surface area (Å²) in [5.74, 6) is -1.70. The molecule has 0 N–H and O–H groups in total. The van der Waals surface area contributed by atoms with Crippen LogP contribution in [-0.2, 0) is 6.18 Å². The van der Waals surface area contributed by atoms with Gasteiger partial charge < -0.3 is 14.3 Å². The molecular formula is C18H21F3N4O2. The lowest BCUT2D eigenvalue weighted by atomic mass is 10.0. The zero-order chi connectivity index (χ0) is 19.6. The van der Waals surface area contributed by atoms with Crippen LogP contribution in [-0.4, -0.2) is 59.1 Å². The molecule has 0 saturated carbocycles. The van der Waals surface area contributed by atoms with E-state index in [2.05, 4.69) is 26.6 Å². The molecule has 1 aromatic heterocycles. The van der Waals surface area contributed by atoms with Crippen molar-refractivity contribution in [3.8, 4) is 11.4 Å². The van der Waals surface area contributed by atoms with E-state index in [-0.39, 0.29) is 11.7 Å². The summed E-state index contributed by atoms with van der Waals surface area (Å²) in [5, 5.41) is 3.34. The van der Waals surface area contributed by atoms with Gasteiger partial charge in [0.25, 0.3) is 5.91 Å². The molecule has 1 fully saturated rings. The lowest BCUT2D eigenvalue weighted by Gasteiger charge is -2.35. The van der Waals surface area contributed by atoms with Crippen molar-refractivity contribution in [3.63, 3.8) is 0 Å². The molecule has 2 aromatic rings. The lowest BCUT2D eigenvalue weighted by Crippen LogP contribution is -2.45. The minimum atomic E-state index is -4.68. The third-order valence-electron chi connectivity index (χ3n) is 4.81. The summed E-state index contributed by atoms with van der Waals surface area (Å²) < 4.78 is 41.9. The molecule has 1 aliphatic rings. The molecule has 1 saturated heterocycles. The fraction of sp³-hybridized carbons (Fsp3) is 0.500. The first-order valence-corrected chi connectivity index (χ1v) is 8.73. The second-order valence-corrected chi connectivity index (χ2v) is 6.81. The predicted octanol–water partition coefficient (Wildman–Crippen LogP) is 3.31. The summed E-state index contributed by atoms with van der Waals surface area (Å²) in [6, 6.07) is 6.48. The van der Waals surface area contributed by atoms with Gasteiger partial charge in [-0.15, -0.1) is 0 Å². The molecule has 146 valence electrons. The van der Waals surface area contributed by atoms with Crippen LogP contribution < -0.4 is 0 Å². The van der Waals surface area contributed by atoms with Gasteiger partial charge in [0.1, 0.15) is 0 Å². The molecule has 0 radical (unpaired) electrons. The van der Waals surface area contributed by atoms with Crippen LogP contribution in [0.5, 0.6) is 0 Å². The Hall–Kier alpha value is -2.42. The largest absolute Gasteiger partial charge is 0.471 e. The number of aromatic nitrogens is 2. The average molecular weight is 382 g/mol. The second-order valence-electron chi connectivity index (χ2n) is 6.81. The van der Waals surface area contributed by atoms with Gasteiger partial charge in [-0.1, -0.05) is 23.7 Å². The third-order valence-corrected chi connectivity index (χ3v) is 4.81. The third kappa shape index (κ3) is 4.47. The van der Waals surface area contributed by atoms with E-state index in [0.29, 0.717) is 23.7 Å². The summed E-state index contributed by atoms with van der Waals surface area (Å²) in [6.07, 6.45) is -1.28. The Morgan fingerprint density at radius 3 is 2.59 bits per heavy atom. The number of amides is 1. The van der Waals surface area contributed by atoms with E-state index in [4.69, 9.17) is 0 Å². The minimum Gasteiger partial charge on any atom is -0.340 e. The van der Waals surface area contributed by atoms with E-state index in [0.717, 1.165) is 19.4 Å². The Morgan fingerprint density at radius 2 is 2.00 bits per heavy atom. The fourth-order valence-electron chi connectivity index (χ4n) is 3.21. The second kappa shape index (κ2) is 7.67. The maximum atomic E-state index is 12.6. The molecule has 1 unspecified atom stereocenters. The van der Waals surface area contributed by atoms with E-state index < -0.39 is 12.1 Å². The highest BCUT2D eigenvalue weighted by molar-refractivity contribution is 5.94. The van der Waals surface area contributed by atoms with Crippen molar-refractivity contribution in [2.45, 2.75) is 31.5 Å². The highest BCUT2D eigenvalue weighted by Gasteiger charge is 2.38. The van der Waals surface area contributed by atoms with Gasteiger partial charge in [-0.2, -0.15) is 18.2 Å². The van der Waals surface area contributed by atoms with Crippen LogP contribution in [0.25, 0.3) is 11.4 Å². The predicted molar refractivity (Wildman–Crippen MR) is 92.0 cm³/mol. The first-order valence-electron chi connectivity index (χ1n) is 8.73. The monoisotopic (exact) mass is 382 g/mol. The molecular weight excluding hydrogens is 361 g/mol. The van der Waals surface area contributed by atoms with Crippen LogP contribution >= 0.6 is 0 Å². The van der Waals surface area contributed by atoms with E-state index in [9.17, 15) is 18.0 Å². The number of nitrogens with zero attached hydrogens (tertiary/aromatic N) is 4. The van der Waals surface area contributed by atoms with Gasteiger partial charge in [0.15, 0.2) is 0 Å². The topological polar surface area (TPSA) is 62.5 Å². The SMILES string of the molecule is CN(CC1CCCCN1C)C(=O)c1ccc(-c2noc(C(F)(F)F)n2)cc1. The Balaban J connectivity index is 1.67. The Labute approximate surface area is 154 Å². The number of carbonyl (C=O) groups is 1. The quantitative estimate of drug-likeness (QED) is 0.812. The number of alkyl halides is 3. The van der Waals surface area contributed by atoms with Crippen molar-refractivity contribution in [1.29, 1.82) is 0 Å². The highest BCUT2D eigenvalue weighted by Crippen LogP contribution is 2.29. The number of rotatable bonds is 4. The standard InChI is InChI=1S/C18H21F3N4O2/c1-24-10-4-3-5-14(24)11-25(2)16(26)13-8-6-12(7-9-13)15-22-17(27-23-15)18(19,20)21/h6-9,14H,3-5,10-11H2,1-2H3. The van der Waals surface area contributed by atoms with E-state index >= 15 is 0 Å². The molecule has 1 atom stereocenters. The molecule has 9 heteroatoms. The maximum Gasteiger partial charge on any atom is 0.471 e. The molecule has 1 amide bonds.